The molecule has 0 atom stereocenters. The predicted molar refractivity (Wildman–Crippen MR) is 117 cm³/mol. The maximum absolute atomic E-state index is 12.9. The highest BCUT2D eigenvalue weighted by atomic mass is 16.5. The van der Waals surface area contributed by atoms with Gasteiger partial charge in [-0.05, 0) is 41.5 Å². The van der Waals surface area contributed by atoms with Crippen LogP contribution in [0.25, 0.3) is 22.0 Å². The van der Waals surface area contributed by atoms with Crippen LogP contribution in [0.4, 0.5) is 0 Å². The zero-order valence-corrected chi connectivity index (χ0v) is 16.2. The van der Waals surface area contributed by atoms with E-state index >= 15 is 0 Å². The molecule has 1 amide bonds. The lowest BCUT2D eigenvalue weighted by Gasteiger charge is -2.05. The van der Waals surface area contributed by atoms with Gasteiger partial charge in [0.2, 0.25) is 0 Å². The summed E-state index contributed by atoms with van der Waals surface area (Å²) in [6, 6.07) is 24.3. The lowest BCUT2D eigenvalue weighted by atomic mass is 10.0. The van der Waals surface area contributed by atoms with Crippen LogP contribution in [0.3, 0.4) is 0 Å². The molecule has 0 radical (unpaired) electrons. The molecule has 0 aliphatic rings. The van der Waals surface area contributed by atoms with Gasteiger partial charge in [-0.15, -0.1) is 0 Å². The number of carbonyl (C=O) groups excluding carboxylic acids is 1. The molecule has 0 aliphatic heterocycles. The minimum Gasteiger partial charge on any atom is -0.497 e. The van der Waals surface area contributed by atoms with Gasteiger partial charge >= 0.3 is 0 Å². The number of hydrazone groups is 1. The Balaban J connectivity index is 1.68. The molecule has 6 nitrogen and oxygen atoms in total. The number of hydrogen-bond acceptors (Lipinski definition) is 4. The summed E-state index contributed by atoms with van der Waals surface area (Å²) in [6.45, 7) is 0. The van der Waals surface area contributed by atoms with Crippen molar-refractivity contribution in [3.63, 3.8) is 0 Å². The number of aromatic nitrogens is 1. The van der Waals surface area contributed by atoms with Gasteiger partial charge in [0.15, 0.2) is 0 Å². The van der Waals surface area contributed by atoms with E-state index in [9.17, 15) is 4.79 Å². The first-order valence-corrected chi connectivity index (χ1v) is 9.28. The van der Waals surface area contributed by atoms with Crippen molar-refractivity contribution in [2.75, 3.05) is 7.11 Å². The van der Waals surface area contributed by atoms with Crippen LogP contribution < -0.4 is 10.2 Å². The van der Waals surface area contributed by atoms with Gasteiger partial charge in [0.1, 0.15) is 11.4 Å². The second-order valence-electron chi connectivity index (χ2n) is 6.59. The van der Waals surface area contributed by atoms with E-state index in [1.807, 2.05) is 48.5 Å². The smallest absolute Gasteiger partial charge is 0.288 e. The quantitative estimate of drug-likeness (QED) is 0.386. The summed E-state index contributed by atoms with van der Waals surface area (Å²) in [5.41, 5.74) is 6.87. The number of hydrogen-bond donors (Lipinski definition) is 2. The van der Waals surface area contributed by atoms with Gasteiger partial charge in [-0.25, -0.2) is 5.43 Å². The number of methoxy groups -OCH3 is 1. The van der Waals surface area contributed by atoms with E-state index in [0.717, 1.165) is 27.6 Å². The number of nitrogens with zero attached hydrogens (tertiary/aromatic N) is 2. The maximum atomic E-state index is 12.9. The van der Waals surface area contributed by atoms with E-state index in [0.29, 0.717) is 17.0 Å². The molecule has 6 heteroatoms. The van der Waals surface area contributed by atoms with Crippen LogP contribution in [0.2, 0.25) is 0 Å². The molecule has 2 N–H and O–H groups in total. The van der Waals surface area contributed by atoms with Crippen LogP contribution in [0.5, 0.6) is 5.75 Å². The third-order valence-electron chi connectivity index (χ3n) is 4.71. The van der Waals surface area contributed by atoms with E-state index < -0.39 is 0 Å². The summed E-state index contributed by atoms with van der Waals surface area (Å²) in [5.74, 6) is 0.360. The van der Waals surface area contributed by atoms with Crippen LogP contribution >= 0.6 is 0 Å². The normalized spacial score (nSPS) is 10.8. The van der Waals surface area contributed by atoms with Gasteiger partial charge in [0.25, 0.3) is 5.91 Å². The van der Waals surface area contributed by atoms with Crippen LogP contribution in [0.1, 0.15) is 21.6 Å². The summed E-state index contributed by atoms with van der Waals surface area (Å²) >= 11 is 0. The van der Waals surface area contributed by atoms with E-state index in [-0.39, 0.29) is 5.91 Å². The van der Waals surface area contributed by atoms with Crippen LogP contribution in [-0.4, -0.2) is 24.2 Å². The van der Waals surface area contributed by atoms with Crippen molar-refractivity contribution >= 4 is 23.0 Å². The molecular weight excluding hydrogens is 376 g/mol. The Bertz CT molecular complexity index is 1270. The van der Waals surface area contributed by atoms with E-state index in [1.54, 1.807) is 31.4 Å². The van der Waals surface area contributed by atoms with Crippen LogP contribution in [-0.2, 0) is 0 Å². The zero-order chi connectivity index (χ0) is 20.9. The SMILES string of the molecule is COc1ccc2[nH]c(C(=O)N/N=C/c3ccc(C#N)cc3)c(-c3ccccc3)c2c1. The second-order valence-corrected chi connectivity index (χ2v) is 6.59. The predicted octanol–water partition coefficient (Wildman–Crippen LogP) is 4.48. The van der Waals surface area contributed by atoms with Gasteiger partial charge in [-0.1, -0.05) is 42.5 Å². The highest BCUT2D eigenvalue weighted by Gasteiger charge is 2.19. The number of rotatable bonds is 5. The Hall–Kier alpha value is -4.37. The van der Waals surface area contributed by atoms with Gasteiger partial charge in [0.05, 0.1) is 25.0 Å². The van der Waals surface area contributed by atoms with Crippen molar-refractivity contribution in [3.8, 4) is 22.9 Å². The Morgan fingerprint density at radius 3 is 2.57 bits per heavy atom. The van der Waals surface area contributed by atoms with Gasteiger partial charge < -0.3 is 9.72 Å². The van der Waals surface area contributed by atoms with E-state index in [2.05, 4.69) is 21.6 Å². The Labute approximate surface area is 173 Å². The number of ether oxygens (including phenoxy) is 1. The first-order valence-electron chi connectivity index (χ1n) is 9.28. The van der Waals surface area contributed by atoms with Crippen molar-refractivity contribution < 1.29 is 9.53 Å². The Morgan fingerprint density at radius 1 is 1.10 bits per heavy atom. The van der Waals surface area contributed by atoms with Crippen molar-refractivity contribution in [2.45, 2.75) is 0 Å². The van der Waals surface area contributed by atoms with Crippen molar-refractivity contribution in [1.82, 2.24) is 10.4 Å². The molecule has 4 aromatic rings. The molecule has 30 heavy (non-hydrogen) atoms. The first kappa shape index (κ1) is 19.0. The third-order valence-corrected chi connectivity index (χ3v) is 4.71. The number of aromatic amines is 1. The third kappa shape index (κ3) is 3.77. The highest BCUT2D eigenvalue weighted by molar-refractivity contribution is 6.10. The van der Waals surface area contributed by atoms with Crippen molar-refractivity contribution in [1.29, 1.82) is 5.26 Å². The number of fused-ring (bicyclic) bond motifs is 1. The van der Waals surface area contributed by atoms with Gasteiger partial charge in [-0.3, -0.25) is 4.79 Å². The molecule has 0 saturated heterocycles. The summed E-state index contributed by atoms with van der Waals surface area (Å²) in [7, 11) is 1.61. The number of H-pyrrole nitrogens is 1. The molecule has 1 heterocycles. The largest absolute Gasteiger partial charge is 0.497 e. The monoisotopic (exact) mass is 394 g/mol. The molecule has 146 valence electrons. The fourth-order valence-corrected chi connectivity index (χ4v) is 3.24. The summed E-state index contributed by atoms with van der Waals surface area (Å²) < 4.78 is 5.36. The molecule has 0 unspecified atom stereocenters. The van der Waals surface area contributed by atoms with Crippen LogP contribution in [0.15, 0.2) is 77.9 Å². The number of benzene rings is 3. The molecular formula is C24H18N4O2. The van der Waals surface area contributed by atoms with Gasteiger partial charge in [0, 0.05) is 16.5 Å². The standard InChI is InChI=1S/C24H18N4O2/c1-30-19-11-12-21-20(13-19)22(18-5-3-2-4-6-18)23(27-21)24(29)28-26-15-17-9-7-16(14-25)8-10-17/h2-13,15,27H,1H3,(H,28,29)/b26-15+. The molecule has 3 aromatic carbocycles. The lowest BCUT2D eigenvalue weighted by molar-refractivity contribution is 0.0951. The summed E-state index contributed by atoms with van der Waals surface area (Å²) in [4.78, 5) is 16.1. The summed E-state index contributed by atoms with van der Waals surface area (Å²) in [6.07, 6.45) is 1.53. The molecule has 0 fully saturated rings. The molecule has 0 saturated carbocycles. The second kappa shape index (κ2) is 8.33. The number of nitriles is 1. The average molecular weight is 394 g/mol. The summed E-state index contributed by atoms with van der Waals surface area (Å²) in [5, 5.41) is 13.8. The van der Waals surface area contributed by atoms with E-state index in [4.69, 9.17) is 10.00 Å². The minimum atomic E-state index is -0.353. The molecule has 4 rings (SSSR count). The highest BCUT2D eigenvalue weighted by Crippen LogP contribution is 2.34. The van der Waals surface area contributed by atoms with E-state index in [1.165, 1.54) is 6.21 Å². The maximum Gasteiger partial charge on any atom is 0.288 e. The number of amides is 1. The molecule has 1 aromatic heterocycles. The topological polar surface area (TPSA) is 90.3 Å². The van der Waals surface area contributed by atoms with Gasteiger partial charge in [-0.2, -0.15) is 10.4 Å². The first-order chi connectivity index (χ1) is 14.7. The minimum absolute atomic E-state index is 0.353. The fourth-order valence-electron chi connectivity index (χ4n) is 3.24. The lowest BCUT2D eigenvalue weighted by Crippen LogP contribution is -2.18. The zero-order valence-electron chi connectivity index (χ0n) is 16.2. The van der Waals surface area contributed by atoms with Crippen molar-refractivity contribution in [3.05, 3.63) is 89.6 Å². The number of carbonyl (C=O) groups is 1. The van der Waals surface area contributed by atoms with Crippen molar-refractivity contribution in [2.24, 2.45) is 5.10 Å². The number of nitrogens with one attached hydrogen (secondary N) is 2. The Morgan fingerprint density at radius 2 is 1.87 bits per heavy atom. The Kier molecular flexibility index (Phi) is 5.27. The molecule has 0 spiro atoms. The molecule has 0 bridgehead atoms. The average Bonchev–Trinajstić information content (AvgIpc) is 3.18. The fraction of sp³-hybridized carbons (Fsp3) is 0.0417. The molecule has 0 aliphatic carbocycles. The van der Waals surface area contributed by atoms with Crippen LogP contribution in [0, 0.1) is 11.3 Å².